The molecule has 2 N–H and O–H groups in total. The third-order valence-electron chi connectivity index (χ3n) is 1.65. The molecule has 0 unspecified atom stereocenters. The Morgan fingerprint density at radius 3 is 2.92 bits per heavy atom. The molecule has 0 radical (unpaired) electrons. The zero-order valence-corrected chi connectivity index (χ0v) is 6.92. The molecule has 1 aromatic heterocycles. The fourth-order valence-electron chi connectivity index (χ4n) is 1.07. The normalized spacial score (nSPS) is 10.4. The molecular weight excluding hydrogens is 174 g/mol. The molecule has 0 aliphatic heterocycles. The number of benzene rings is 1. The van der Waals surface area contributed by atoms with E-state index < -0.39 is 0 Å². The molecule has 0 atom stereocenters. The van der Waals surface area contributed by atoms with Gasteiger partial charge < -0.3 is 5.73 Å². The van der Waals surface area contributed by atoms with Crippen LogP contribution in [0.2, 0.25) is 5.02 Å². The number of nitrogens with two attached hydrogens (primary N) is 1. The van der Waals surface area contributed by atoms with Gasteiger partial charge in [-0.3, -0.25) is 0 Å². The van der Waals surface area contributed by atoms with Crippen LogP contribution in [-0.4, -0.2) is 10.2 Å². The summed E-state index contributed by atoms with van der Waals surface area (Å²) in [5.41, 5.74) is 6.92. The summed E-state index contributed by atoms with van der Waals surface area (Å²) in [4.78, 5) is 0. The molecule has 0 amide bonds. The molecule has 0 saturated carbocycles. The van der Waals surface area contributed by atoms with Crippen LogP contribution in [0.5, 0.6) is 0 Å². The first-order valence-corrected chi connectivity index (χ1v) is 3.82. The van der Waals surface area contributed by atoms with E-state index in [1.54, 1.807) is 6.07 Å². The quantitative estimate of drug-likeness (QED) is 0.672. The fourth-order valence-corrected chi connectivity index (χ4v) is 1.28. The third kappa shape index (κ3) is 0.987. The number of nitrogens with zero attached hydrogens (tertiary/aromatic N) is 2. The van der Waals surface area contributed by atoms with E-state index in [9.17, 15) is 0 Å². The van der Waals surface area contributed by atoms with Gasteiger partial charge in [-0.05, 0) is 6.07 Å². The minimum absolute atomic E-state index is 0.576. The number of aromatic nitrogens is 2. The number of nitrogen functional groups attached to an aromatic ring is 1. The highest BCUT2D eigenvalue weighted by atomic mass is 35.5. The van der Waals surface area contributed by atoms with Crippen molar-refractivity contribution in [2.45, 2.75) is 0 Å². The third-order valence-corrected chi connectivity index (χ3v) is 1.96. The number of hydrogen-bond donors (Lipinski definition) is 1. The zero-order chi connectivity index (χ0) is 8.55. The second-order valence-electron chi connectivity index (χ2n) is 2.44. The van der Waals surface area contributed by atoms with E-state index >= 15 is 0 Å². The zero-order valence-electron chi connectivity index (χ0n) is 6.16. The summed E-state index contributed by atoms with van der Waals surface area (Å²) < 4.78 is 0. The van der Waals surface area contributed by atoms with Crippen molar-refractivity contribution in [1.82, 2.24) is 10.2 Å². The summed E-state index contributed by atoms with van der Waals surface area (Å²) in [7, 11) is 0. The summed E-state index contributed by atoms with van der Waals surface area (Å²) in [6, 6.07) is 5.46. The molecule has 0 aliphatic rings. The first-order valence-electron chi connectivity index (χ1n) is 3.44. The highest BCUT2D eigenvalue weighted by Gasteiger charge is 2.01. The molecule has 2 aromatic rings. The van der Waals surface area contributed by atoms with E-state index in [-0.39, 0.29) is 0 Å². The van der Waals surface area contributed by atoms with Crippen LogP contribution in [0, 0.1) is 0 Å². The molecule has 4 heteroatoms. The Bertz CT molecular complexity index is 386. The predicted octanol–water partition coefficient (Wildman–Crippen LogP) is 1.87. The summed E-state index contributed by atoms with van der Waals surface area (Å²) in [5.74, 6) is 0. The van der Waals surface area contributed by atoms with Crippen LogP contribution in [0.3, 0.4) is 0 Å². The Labute approximate surface area is 74.2 Å². The van der Waals surface area contributed by atoms with Gasteiger partial charge >= 0.3 is 0 Å². The monoisotopic (exact) mass is 179 g/mol. The van der Waals surface area contributed by atoms with Crippen molar-refractivity contribution in [2.75, 3.05) is 5.73 Å². The van der Waals surface area contributed by atoms with Gasteiger partial charge in [0, 0.05) is 5.39 Å². The molecule has 0 fully saturated rings. The molecule has 0 bridgehead atoms. The number of rotatable bonds is 0. The van der Waals surface area contributed by atoms with Gasteiger partial charge in [-0.1, -0.05) is 23.7 Å². The summed E-state index contributed by atoms with van der Waals surface area (Å²) in [6.07, 6.45) is 1.51. The molecule has 1 heterocycles. The van der Waals surface area contributed by atoms with Gasteiger partial charge in [0.1, 0.15) is 5.52 Å². The van der Waals surface area contributed by atoms with Gasteiger partial charge in [0.15, 0.2) is 0 Å². The van der Waals surface area contributed by atoms with Gasteiger partial charge in [-0.15, -0.1) is 5.10 Å². The average Bonchev–Trinajstić information content (AvgIpc) is 2.07. The Kier molecular flexibility index (Phi) is 1.59. The molecule has 0 saturated heterocycles. The number of halogens is 1. The second-order valence-corrected chi connectivity index (χ2v) is 2.84. The lowest BCUT2D eigenvalue weighted by atomic mass is 10.2. The molecule has 0 aliphatic carbocycles. The molecule has 1 aromatic carbocycles. The van der Waals surface area contributed by atoms with Crippen molar-refractivity contribution in [2.24, 2.45) is 0 Å². The van der Waals surface area contributed by atoms with Crippen LogP contribution in [-0.2, 0) is 0 Å². The minimum atomic E-state index is 0.576. The highest BCUT2D eigenvalue weighted by molar-refractivity contribution is 6.35. The van der Waals surface area contributed by atoms with Crippen LogP contribution in [0.4, 0.5) is 5.69 Å². The standard InChI is InChI=1S/C8H6ClN3/c9-6-3-1-2-5-7(10)4-11-12-8(5)6/h1-4H,(H2,10,12). The lowest BCUT2D eigenvalue weighted by Gasteiger charge is -1.99. The molecule has 2 rings (SSSR count). The maximum Gasteiger partial charge on any atom is 0.114 e. The van der Waals surface area contributed by atoms with Crippen LogP contribution >= 0.6 is 11.6 Å². The van der Waals surface area contributed by atoms with Gasteiger partial charge in [-0.2, -0.15) is 5.10 Å². The fraction of sp³-hybridized carbons (Fsp3) is 0. The summed E-state index contributed by atoms with van der Waals surface area (Å²) in [6.45, 7) is 0. The second kappa shape index (κ2) is 2.60. The van der Waals surface area contributed by atoms with E-state index in [0.717, 1.165) is 5.39 Å². The first kappa shape index (κ1) is 7.31. The molecular formula is C8H6ClN3. The Morgan fingerprint density at radius 1 is 1.33 bits per heavy atom. The number of fused-ring (bicyclic) bond motifs is 1. The lowest BCUT2D eigenvalue weighted by Crippen LogP contribution is -1.91. The van der Waals surface area contributed by atoms with Crippen LogP contribution in [0.25, 0.3) is 10.9 Å². The van der Waals surface area contributed by atoms with Crippen molar-refractivity contribution in [1.29, 1.82) is 0 Å². The summed E-state index contributed by atoms with van der Waals surface area (Å²) in [5, 5.41) is 9.01. The number of hydrogen-bond acceptors (Lipinski definition) is 3. The SMILES string of the molecule is Nc1cnnc2c(Cl)cccc12. The van der Waals surface area contributed by atoms with E-state index in [4.69, 9.17) is 17.3 Å². The Morgan fingerprint density at radius 2 is 2.17 bits per heavy atom. The molecule has 60 valence electrons. The van der Waals surface area contributed by atoms with Crippen molar-refractivity contribution < 1.29 is 0 Å². The van der Waals surface area contributed by atoms with E-state index in [2.05, 4.69) is 10.2 Å². The summed E-state index contributed by atoms with van der Waals surface area (Å²) >= 11 is 5.87. The molecule has 3 nitrogen and oxygen atoms in total. The largest absolute Gasteiger partial charge is 0.397 e. The predicted molar refractivity (Wildman–Crippen MR) is 49.0 cm³/mol. The van der Waals surface area contributed by atoms with Crippen molar-refractivity contribution >= 4 is 28.2 Å². The highest BCUT2D eigenvalue weighted by Crippen LogP contribution is 2.23. The molecule has 12 heavy (non-hydrogen) atoms. The first-order chi connectivity index (χ1) is 5.79. The van der Waals surface area contributed by atoms with Gasteiger partial charge in [0.2, 0.25) is 0 Å². The van der Waals surface area contributed by atoms with Gasteiger partial charge in [-0.25, -0.2) is 0 Å². The van der Waals surface area contributed by atoms with Crippen LogP contribution in [0.1, 0.15) is 0 Å². The van der Waals surface area contributed by atoms with Gasteiger partial charge in [0.05, 0.1) is 16.9 Å². The number of anilines is 1. The van der Waals surface area contributed by atoms with Crippen molar-refractivity contribution in [3.63, 3.8) is 0 Å². The van der Waals surface area contributed by atoms with Crippen molar-refractivity contribution in [3.05, 3.63) is 29.4 Å². The minimum Gasteiger partial charge on any atom is -0.397 e. The maximum absolute atomic E-state index is 5.87. The van der Waals surface area contributed by atoms with Crippen LogP contribution in [0.15, 0.2) is 24.4 Å². The average molecular weight is 180 g/mol. The van der Waals surface area contributed by atoms with E-state index in [1.165, 1.54) is 6.20 Å². The maximum atomic E-state index is 5.87. The topological polar surface area (TPSA) is 51.8 Å². The lowest BCUT2D eigenvalue weighted by molar-refractivity contribution is 1.08. The van der Waals surface area contributed by atoms with E-state index in [1.807, 2.05) is 12.1 Å². The Balaban J connectivity index is 2.94. The van der Waals surface area contributed by atoms with Gasteiger partial charge in [0.25, 0.3) is 0 Å². The van der Waals surface area contributed by atoms with Crippen molar-refractivity contribution in [3.8, 4) is 0 Å². The van der Waals surface area contributed by atoms with E-state index in [0.29, 0.717) is 16.2 Å². The Hall–Kier alpha value is -1.35. The molecule has 0 spiro atoms. The smallest absolute Gasteiger partial charge is 0.114 e. The van der Waals surface area contributed by atoms with Crippen LogP contribution < -0.4 is 5.73 Å².